The van der Waals surface area contributed by atoms with Crippen molar-refractivity contribution in [3.05, 3.63) is 48.7 Å². The lowest BCUT2D eigenvalue weighted by Gasteiger charge is -2.06. The molecule has 2 aromatic carbocycles. The molecule has 2 N–H and O–H groups in total. The normalized spacial score (nSPS) is 10.2. The van der Waals surface area contributed by atoms with Crippen LogP contribution in [0.3, 0.4) is 0 Å². The fourth-order valence-corrected chi connectivity index (χ4v) is 1.56. The van der Waals surface area contributed by atoms with Gasteiger partial charge in [0.05, 0.1) is 0 Å². The minimum atomic E-state index is 0.295. The summed E-state index contributed by atoms with van der Waals surface area (Å²) >= 11 is 0. The summed E-state index contributed by atoms with van der Waals surface area (Å²) in [5.74, 6) is 0.295. The van der Waals surface area contributed by atoms with Crippen molar-refractivity contribution in [1.29, 1.82) is 0 Å². The second kappa shape index (κ2) is 3.65. The van der Waals surface area contributed by atoms with Crippen LogP contribution in [-0.2, 0) is 0 Å². The monoisotopic (exact) mass is 199 g/mol. The Labute approximate surface area is 88.9 Å². The number of hydrogen-bond donors (Lipinski definition) is 2. The zero-order valence-corrected chi connectivity index (χ0v) is 8.62. The number of hydrogen-bond acceptors (Lipinski definition) is 2. The van der Waals surface area contributed by atoms with E-state index < -0.39 is 0 Å². The molecule has 0 spiro atoms. The van der Waals surface area contributed by atoms with Gasteiger partial charge in [-0.1, -0.05) is 18.7 Å². The third-order valence-electron chi connectivity index (χ3n) is 2.18. The lowest BCUT2D eigenvalue weighted by molar-refractivity contribution is 0.476. The molecule has 0 aliphatic rings. The predicted octanol–water partition coefficient (Wildman–Crippen LogP) is 3.49. The summed E-state index contributed by atoms with van der Waals surface area (Å²) in [6.07, 6.45) is 0. The summed E-state index contributed by atoms with van der Waals surface area (Å²) in [6.45, 7) is 5.71. The van der Waals surface area contributed by atoms with Gasteiger partial charge >= 0.3 is 0 Å². The van der Waals surface area contributed by atoms with E-state index in [1.54, 1.807) is 12.1 Å². The smallest absolute Gasteiger partial charge is 0.116 e. The molecule has 0 bridgehead atoms. The quantitative estimate of drug-likeness (QED) is 0.776. The van der Waals surface area contributed by atoms with Gasteiger partial charge in [-0.05, 0) is 42.0 Å². The van der Waals surface area contributed by atoms with Gasteiger partial charge in [-0.15, -0.1) is 0 Å². The minimum absolute atomic E-state index is 0.295. The van der Waals surface area contributed by atoms with E-state index in [-0.39, 0.29) is 0 Å². The molecule has 2 aromatic rings. The van der Waals surface area contributed by atoms with Gasteiger partial charge < -0.3 is 10.4 Å². The van der Waals surface area contributed by atoms with Crippen molar-refractivity contribution >= 4 is 16.5 Å². The first-order valence-corrected chi connectivity index (χ1v) is 4.80. The van der Waals surface area contributed by atoms with Crippen LogP contribution in [0.1, 0.15) is 6.92 Å². The maximum atomic E-state index is 9.32. The minimum Gasteiger partial charge on any atom is -0.508 e. The number of aromatic hydroxyl groups is 1. The number of allylic oxidation sites excluding steroid dienone is 1. The Hall–Kier alpha value is -1.96. The van der Waals surface area contributed by atoms with Gasteiger partial charge in [0.1, 0.15) is 5.75 Å². The Morgan fingerprint density at radius 1 is 1.13 bits per heavy atom. The van der Waals surface area contributed by atoms with Gasteiger partial charge in [0.15, 0.2) is 0 Å². The fourth-order valence-electron chi connectivity index (χ4n) is 1.56. The van der Waals surface area contributed by atoms with E-state index in [0.29, 0.717) is 5.75 Å². The predicted molar refractivity (Wildman–Crippen MR) is 64.0 cm³/mol. The van der Waals surface area contributed by atoms with Crippen molar-refractivity contribution < 1.29 is 5.11 Å². The molecule has 0 saturated carbocycles. The maximum Gasteiger partial charge on any atom is 0.116 e. The summed E-state index contributed by atoms with van der Waals surface area (Å²) in [7, 11) is 0. The van der Waals surface area contributed by atoms with Crippen molar-refractivity contribution in [2.75, 3.05) is 5.32 Å². The molecule has 15 heavy (non-hydrogen) atoms. The summed E-state index contributed by atoms with van der Waals surface area (Å²) < 4.78 is 0. The molecule has 0 saturated heterocycles. The molecule has 2 nitrogen and oxygen atoms in total. The van der Waals surface area contributed by atoms with E-state index in [2.05, 4.69) is 11.9 Å². The third kappa shape index (κ3) is 2.10. The first-order chi connectivity index (χ1) is 7.15. The average molecular weight is 199 g/mol. The van der Waals surface area contributed by atoms with Crippen LogP contribution in [0.5, 0.6) is 5.75 Å². The molecule has 0 radical (unpaired) electrons. The van der Waals surface area contributed by atoms with Crippen LogP contribution < -0.4 is 5.32 Å². The largest absolute Gasteiger partial charge is 0.508 e. The highest BCUT2D eigenvalue weighted by atomic mass is 16.3. The molecule has 0 atom stereocenters. The first kappa shape index (κ1) is 9.59. The highest BCUT2D eigenvalue weighted by Crippen LogP contribution is 2.23. The fraction of sp³-hybridized carbons (Fsp3) is 0.0769. The number of phenolic OH excluding ortho intramolecular Hbond substituents is 1. The average Bonchev–Trinajstić information content (AvgIpc) is 2.17. The topological polar surface area (TPSA) is 32.3 Å². The number of benzene rings is 2. The van der Waals surface area contributed by atoms with Crippen LogP contribution in [0.4, 0.5) is 5.69 Å². The van der Waals surface area contributed by atoms with E-state index in [9.17, 15) is 5.11 Å². The molecular weight excluding hydrogens is 186 g/mol. The summed E-state index contributed by atoms with van der Waals surface area (Å²) in [4.78, 5) is 0. The highest BCUT2D eigenvalue weighted by molar-refractivity contribution is 5.87. The molecule has 0 aliphatic heterocycles. The van der Waals surface area contributed by atoms with E-state index >= 15 is 0 Å². The molecule has 0 heterocycles. The molecule has 0 fully saturated rings. The number of rotatable bonds is 2. The van der Waals surface area contributed by atoms with Gasteiger partial charge in [0, 0.05) is 11.4 Å². The molecule has 76 valence electrons. The van der Waals surface area contributed by atoms with E-state index in [0.717, 1.165) is 22.2 Å². The first-order valence-electron chi connectivity index (χ1n) is 4.80. The lowest BCUT2D eigenvalue weighted by atomic mass is 10.1. The van der Waals surface area contributed by atoms with Crippen LogP contribution >= 0.6 is 0 Å². The molecular formula is C13H13NO. The second-order valence-electron chi connectivity index (χ2n) is 3.65. The molecule has 0 amide bonds. The van der Waals surface area contributed by atoms with E-state index in [1.807, 2.05) is 31.2 Å². The van der Waals surface area contributed by atoms with Crippen molar-refractivity contribution in [2.45, 2.75) is 6.92 Å². The van der Waals surface area contributed by atoms with Crippen molar-refractivity contribution in [3.63, 3.8) is 0 Å². The Balaban J connectivity index is 2.47. The second-order valence-corrected chi connectivity index (χ2v) is 3.65. The van der Waals surface area contributed by atoms with Gasteiger partial charge in [-0.25, -0.2) is 0 Å². The summed E-state index contributed by atoms with van der Waals surface area (Å²) in [6, 6.07) is 11.3. The Bertz CT molecular complexity index is 517. The van der Waals surface area contributed by atoms with Crippen molar-refractivity contribution in [1.82, 2.24) is 0 Å². The molecule has 0 unspecified atom stereocenters. The summed E-state index contributed by atoms with van der Waals surface area (Å²) in [5.41, 5.74) is 1.92. The van der Waals surface area contributed by atoms with Crippen LogP contribution in [0, 0.1) is 0 Å². The molecule has 0 aliphatic carbocycles. The van der Waals surface area contributed by atoms with Gasteiger partial charge in [0.25, 0.3) is 0 Å². The molecule has 0 aromatic heterocycles. The number of anilines is 1. The lowest BCUT2D eigenvalue weighted by Crippen LogP contribution is -1.92. The van der Waals surface area contributed by atoms with Crippen molar-refractivity contribution in [2.24, 2.45) is 0 Å². The Morgan fingerprint density at radius 2 is 1.80 bits per heavy atom. The number of nitrogens with one attached hydrogen (secondary N) is 1. The van der Waals surface area contributed by atoms with Crippen molar-refractivity contribution in [3.8, 4) is 5.75 Å². The van der Waals surface area contributed by atoms with E-state index in [4.69, 9.17) is 0 Å². The van der Waals surface area contributed by atoms with Crippen LogP contribution in [-0.4, -0.2) is 5.11 Å². The Kier molecular flexibility index (Phi) is 2.34. The highest BCUT2D eigenvalue weighted by Gasteiger charge is 1.97. The standard InChI is InChI=1S/C13H13NO/c1-9(2)14-12-5-3-11-8-13(15)6-4-10(11)7-12/h3-8,14-15H,1H2,2H3. The zero-order valence-electron chi connectivity index (χ0n) is 8.62. The van der Waals surface area contributed by atoms with Gasteiger partial charge in [-0.3, -0.25) is 0 Å². The summed E-state index contributed by atoms with van der Waals surface area (Å²) in [5, 5.41) is 14.6. The van der Waals surface area contributed by atoms with E-state index in [1.165, 1.54) is 0 Å². The third-order valence-corrected chi connectivity index (χ3v) is 2.18. The number of phenols is 1. The van der Waals surface area contributed by atoms with Crippen LogP contribution in [0.2, 0.25) is 0 Å². The SMILES string of the molecule is C=C(C)Nc1ccc2cc(O)ccc2c1. The van der Waals surface area contributed by atoms with Crippen LogP contribution in [0.15, 0.2) is 48.7 Å². The van der Waals surface area contributed by atoms with Gasteiger partial charge in [-0.2, -0.15) is 0 Å². The molecule has 2 rings (SSSR count). The zero-order chi connectivity index (χ0) is 10.8. The Morgan fingerprint density at radius 3 is 2.53 bits per heavy atom. The maximum absolute atomic E-state index is 9.32. The molecule has 2 heteroatoms. The van der Waals surface area contributed by atoms with Crippen LogP contribution in [0.25, 0.3) is 10.8 Å². The number of fused-ring (bicyclic) bond motifs is 1. The van der Waals surface area contributed by atoms with Gasteiger partial charge in [0.2, 0.25) is 0 Å².